The van der Waals surface area contributed by atoms with E-state index < -0.39 is 6.04 Å². The second kappa shape index (κ2) is 9.21. The summed E-state index contributed by atoms with van der Waals surface area (Å²) >= 11 is 3.02. The maximum atomic E-state index is 13.4. The van der Waals surface area contributed by atoms with Gasteiger partial charge in [-0.15, -0.1) is 33.3 Å². The number of fused-ring (bicyclic) bond motifs is 3. The number of piperazine rings is 1. The number of thiazole rings is 1. The lowest BCUT2D eigenvalue weighted by Crippen LogP contribution is -2.58. The molecule has 5 heterocycles. The van der Waals surface area contributed by atoms with Crippen LogP contribution in [0.3, 0.4) is 0 Å². The Bertz CT molecular complexity index is 1550. The van der Waals surface area contributed by atoms with Crippen LogP contribution in [0.4, 0.5) is 0 Å². The summed E-state index contributed by atoms with van der Waals surface area (Å²) in [4.78, 5) is 40.1. The lowest BCUT2D eigenvalue weighted by molar-refractivity contribution is -0.134. The van der Waals surface area contributed by atoms with E-state index in [0.29, 0.717) is 24.4 Å². The molecule has 1 N–H and O–H groups in total. The van der Waals surface area contributed by atoms with Crippen molar-refractivity contribution < 1.29 is 14.7 Å². The van der Waals surface area contributed by atoms with Crippen LogP contribution >= 0.6 is 23.1 Å². The van der Waals surface area contributed by atoms with Crippen LogP contribution in [0, 0.1) is 0 Å². The van der Waals surface area contributed by atoms with Crippen LogP contribution in [0.1, 0.15) is 28.2 Å². The predicted molar refractivity (Wildman–Crippen MR) is 145 cm³/mol. The molecule has 2 unspecified atom stereocenters. The zero-order valence-corrected chi connectivity index (χ0v) is 21.8. The minimum atomic E-state index is -0.442. The summed E-state index contributed by atoms with van der Waals surface area (Å²) in [5.74, 6) is 0.827. The summed E-state index contributed by atoms with van der Waals surface area (Å²) in [5, 5.41) is 18.9. The van der Waals surface area contributed by atoms with Gasteiger partial charge in [0.15, 0.2) is 0 Å². The Morgan fingerprint density at radius 2 is 1.71 bits per heavy atom. The third-order valence-electron chi connectivity index (χ3n) is 7.35. The van der Waals surface area contributed by atoms with Crippen LogP contribution in [0.5, 0.6) is 5.75 Å². The van der Waals surface area contributed by atoms with E-state index >= 15 is 0 Å². The minimum absolute atomic E-state index is 0.0113. The van der Waals surface area contributed by atoms with Crippen molar-refractivity contribution in [2.75, 3.05) is 18.8 Å². The van der Waals surface area contributed by atoms with Crippen LogP contribution in [0.25, 0.3) is 15.9 Å². The summed E-state index contributed by atoms with van der Waals surface area (Å²) in [6.45, 7) is 1.07. The first-order valence-corrected chi connectivity index (χ1v) is 14.2. The molecule has 0 spiro atoms. The molecule has 7 rings (SSSR count). The van der Waals surface area contributed by atoms with Gasteiger partial charge in [-0.25, -0.2) is 4.98 Å². The first-order valence-electron chi connectivity index (χ1n) is 12.4. The van der Waals surface area contributed by atoms with E-state index in [1.807, 2.05) is 34.1 Å². The molecule has 0 saturated carbocycles. The highest BCUT2D eigenvalue weighted by Gasteiger charge is 2.45. The van der Waals surface area contributed by atoms with E-state index in [1.165, 1.54) is 11.3 Å². The number of hydrogen-bond acceptors (Lipinski definition) is 9. The molecule has 10 nitrogen and oxygen atoms in total. The Hall–Kier alpha value is -3.77. The van der Waals surface area contributed by atoms with Crippen molar-refractivity contribution in [2.45, 2.75) is 31.0 Å². The number of aliphatic imine (C=N–C) groups is 1. The standard InChI is InChI=1S/C26H23N7O3S2/c34-19-7-8-20-22(9-19)38-24(29-20)23-30-21(12-37-23)26(36)31-10-17-5-6-18(11-31)33(17)25(35)15-1-3-16(4-2-15)32-13-27-28-14-32/h1-4,7-9,13-14,17-18,21,34H,5-6,10-12H2/t17?,18?,21-/m0/s1. The Morgan fingerprint density at radius 3 is 2.45 bits per heavy atom. The van der Waals surface area contributed by atoms with Crippen molar-refractivity contribution in [1.82, 2.24) is 29.5 Å². The number of aromatic hydroxyl groups is 1. The maximum absolute atomic E-state index is 13.4. The average Bonchev–Trinajstić information content (AvgIpc) is 3.73. The molecule has 3 atom stereocenters. The van der Waals surface area contributed by atoms with Crippen LogP contribution < -0.4 is 0 Å². The Labute approximate surface area is 226 Å². The summed E-state index contributed by atoms with van der Waals surface area (Å²) in [6, 6.07) is 12.1. The van der Waals surface area contributed by atoms with Gasteiger partial charge in [0.1, 0.15) is 34.5 Å². The van der Waals surface area contributed by atoms with E-state index in [1.54, 1.807) is 47.2 Å². The smallest absolute Gasteiger partial charge is 0.254 e. The molecule has 2 saturated heterocycles. The lowest BCUT2D eigenvalue weighted by Gasteiger charge is -2.41. The van der Waals surface area contributed by atoms with Crippen molar-refractivity contribution in [2.24, 2.45) is 4.99 Å². The van der Waals surface area contributed by atoms with Crippen LogP contribution in [-0.4, -0.2) is 88.5 Å². The number of carbonyl (C=O) groups is 2. The van der Waals surface area contributed by atoms with Gasteiger partial charge in [-0.1, -0.05) is 0 Å². The van der Waals surface area contributed by atoms with Crippen molar-refractivity contribution >= 4 is 50.2 Å². The van der Waals surface area contributed by atoms with E-state index in [4.69, 9.17) is 4.99 Å². The highest BCUT2D eigenvalue weighted by Crippen LogP contribution is 2.35. The van der Waals surface area contributed by atoms with Gasteiger partial charge in [-0.05, 0) is 55.3 Å². The number of rotatable bonds is 4. The summed E-state index contributed by atoms with van der Waals surface area (Å²) < 4.78 is 2.68. The number of phenolic OH excluding ortho intramolecular Hbond substituents is 1. The maximum Gasteiger partial charge on any atom is 0.254 e. The molecule has 2 aromatic carbocycles. The number of phenols is 1. The normalized spacial score (nSPS) is 22.7. The zero-order valence-electron chi connectivity index (χ0n) is 20.2. The largest absolute Gasteiger partial charge is 0.508 e. The molecule has 0 aliphatic carbocycles. The fourth-order valence-electron chi connectivity index (χ4n) is 5.51. The third-order valence-corrected chi connectivity index (χ3v) is 9.56. The zero-order chi connectivity index (χ0) is 25.8. The molecule has 2 amide bonds. The predicted octanol–water partition coefficient (Wildman–Crippen LogP) is 2.96. The van der Waals surface area contributed by atoms with E-state index in [9.17, 15) is 14.7 Å². The van der Waals surface area contributed by atoms with Gasteiger partial charge >= 0.3 is 0 Å². The number of benzene rings is 2. The summed E-state index contributed by atoms with van der Waals surface area (Å²) in [7, 11) is 0. The fourth-order valence-corrected chi connectivity index (χ4v) is 7.60. The third kappa shape index (κ3) is 4.04. The molecule has 38 heavy (non-hydrogen) atoms. The quantitative estimate of drug-likeness (QED) is 0.419. The molecule has 12 heteroatoms. The van der Waals surface area contributed by atoms with Gasteiger partial charge < -0.3 is 14.9 Å². The van der Waals surface area contributed by atoms with Gasteiger partial charge in [0.2, 0.25) is 5.91 Å². The van der Waals surface area contributed by atoms with Gasteiger partial charge in [0.05, 0.1) is 22.3 Å². The second-order valence-corrected chi connectivity index (χ2v) is 11.7. The Kier molecular flexibility index (Phi) is 5.66. The van der Waals surface area contributed by atoms with Crippen molar-refractivity contribution in [1.29, 1.82) is 0 Å². The van der Waals surface area contributed by atoms with Crippen molar-refractivity contribution in [3.05, 3.63) is 65.7 Å². The minimum Gasteiger partial charge on any atom is -0.508 e. The van der Waals surface area contributed by atoms with Crippen LogP contribution in [0.2, 0.25) is 0 Å². The summed E-state index contributed by atoms with van der Waals surface area (Å²) in [6.07, 6.45) is 5.03. The number of hydrogen-bond donors (Lipinski definition) is 1. The van der Waals surface area contributed by atoms with E-state index in [0.717, 1.165) is 38.8 Å². The van der Waals surface area contributed by atoms with Crippen molar-refractivity contribution in [3.63, 3.8) is 0 Å². The number of aromatic nitrogens is 4. The van der Waals surface area contributed by atoms with E-state index in [-0.39, 0.29) is 29.6 Å². The summed E-state index contributed by atoms with van der Waals surface area (Å²) in [5.41, 5.74) is 2.35. The van der Waals surface area contributed by atoms with Gasteiger partial charge in [0.25, 0.3) is 5.91 Å². The highest BCUT2D eigenvalue weighted by atomic mass is 32.2. The average molecular weight is 546 g/mol. The lowest BCUT2D eigenvalue weighted by atomic mass is 10.1. The molecule has 3 aliphatic rings. The van der Waals surface area contributed by atoms with E-state index in [2.05, 4.69) is 15.2 Å². The van der Waals surface area contributed by atoms with Crippen molar-refractivity contribution in [3.8, 4) is 11.4 Å². The Balaban J connectivity index is 1.04. The van der Waals surface area contributed by atoms with Gasteiger partial charge in [0, 0.05) is 30.1 Å². The SMILES string of the molecule is O=C([C@@H]1CSC(c2nc3ccc(O)cc3s2)=N1)N1CC2CCC(C1)N2C(=O)c1ccc(-n2cnnc2)cc1. The molecule has 2 fully saturated rings. The van der Waals surface area contributed by atoms with Gasteiger partial charge in [-0.3, -0.25) is 19.1 Å². The number of carbonyl (C=O) groups excluding carboxylic acids is 2. The first kappa shape index (κ1) is 23.4. The number of nitrogens with zero attached hydrogens (tertiary/aromatic N) is 7. The monoisotopic (exact) mass is 545 g/mol. The molecule has 2 bridgehead atoms. The molecule has 2 aromatic heterocycles. The molecule has 0 radical (unpaired) electrons. The van der Waals surface area contributed by atoms with Gasteiger partial charge in [-0.2, -0.15) is 0 Å². The topological polar surface area (TPSA) is 117 Å². The fraction of sp³-hybridized carbons (Fsp3) is 0.308. The molecular weight excluding hydrogens is 522 g/mol. The second-order valence-electron chi connectivity index (χ2n) is 9.69. The molecule has 4 aromatic rings. The number of likely N-dealkylation sites (tertiary alicyclic amines) is 1. The molecular formula is C26H23N7O3S2. The Morgan fingerprint density at radius 1 is 0.974 bits per heavy atom. The van der Waals surface area contributed by atoms with Crippen LogP contribution in [-0.2, 0) is 4.79 Å². The van der Waals surface area contributed by atoms with Crippen LogP contribution in [0.15, 0.2) is 60.1 Å². The number of thioether (sulfide) groups is 1. The highest BCUT2D eigenvalue weighted by molar-refractivity contribution is 8.15. The molecule has 3 aliphatic heterocycles. The number of amides is 2. The first-order chi connectivity index (χ1) is 18.5. The molecule has 192 valence electrons.